The van der Waals surface area contributed by atoms with E-state index in [2.05, 4.69) is 15.5 Å². The van der Waals surface area contributed by atoms with Crippen LogP contribution in [0.4, 0.5) is 5.69 Å². The van der Waals surface area contributed by atoms with Gasteiger partial charge in [0.25, 0.3) is 0 Å². The predicted molar refractivity (Wildman–Crippen MR) is 128 cm³/mol. The van der Waals surface area contributed by atoms with Gasteiger partial charge in [0, 0.05) is 13.5 Å². The van der Waals surface area contributed by atoms with Crippen LogP contribution in [0.2, 0.25) is 5.02 Å². The van der Waals surface area contributed by atoms with Crippen molar-refractivity contribution in [3.63, 3.8) is 0 Å². The van der Waals surface area contributed by atoms with Gasteiger partial charge in [0.15, 0.2) is 5.16 Å². The molecule has 0 atom stereocenters. The summed E-state index contributed by atoms with van der Waals surface area (Å²) in [5, 5.41) is 12.1. The fraction of sp³-hybridized carbons (Fsp3) is 0.304. The average Bonchev–Trinajstić information content (AvgIpc) is 3.13. The Morgan fingerprint density at radius 1 is 1.15 bits per heavy atom. The molecular formula is C23H25ClN4O4S. The third kappa shape index (κ3) is 6.72. The molecule has 174 valence electrons. The van der Waals surface area contributed by atoms with Crippen molar-refractivity contribution in [1.82, 2.24) is 14.8 Å². The molecule has 8 nitrogen and oxygen atoms in total. The number of methoxy groups -OCH3 is 1. The summed E-state index contributed by atoms with van der Waals surface area (Å²) < 4.78 is 12.2. The standard InChI is InChI=1S/C23H25ClN4O4S/c1-14(2)32-22(30)16-7-10-18(24)19(12-16)25-21(29)13-33-23-27-26-20(28(23)3)11-15-5-8-17(31-4)9-6-15/h5-10,12,14H,11,13H2,1-4H3,(H,25,29). The molecule has 0 saturated heterocycles. The minimum absolute atomic E-state index is 0.103. The molecule has 1 heterocycles. The Hall–Kier alpha value is -3.04. The van der Waals surface area contributed by atoms with E-state index in [1.165, 1.54) is 17.8 Å². The summed E-state index contributed by atoms with van der Waals surface area (Å²) in [6.45, 7) is 3.53. The minimum Gasteiger partial charge on any atom is -0.497 e. The SMILES string of the molecule is COc1ccc(Cc2nnc(SCC(=O)Nc3cc(C(=O)OC(C)C)ccc3Cl)n2C)cc1. The Bertz CT molecular complexity index is 1130. The molecule has 1 aromatic heterocycles. The number of halogens is 1. The van der Waals surface area contributed by atoms with Crippen LogP contribution >= 0.6 is 23.4 Å². The van der Waals surface area contributed by atoms with Gasteiger partial charge in [0.1, 0.15) is 11.6 Å². The van der Waals surface area contributed by atoms with Crippen molar-refractivity contribution in [3.8, 4) is 5.75 Å². The summed E-state index contributed by atoms with van der Waals surface area (Å²) in [4.78, 5) is 24.6. The van der Waals surface area contributed by atoms with Crippen molar-refractivity contribution in [3.05, 3.63) is 64.4 Å². The van der Waals surface area contributed by atoms with Crippen LogP contribution in [-0.4, -0.2) is 45.6 Å². The number of esters is 1. The summed E-state index contributed by atoms with van der Waals surface area (Å²) in [5.41, 5.74) is 1.73. The highest BCUT2D eigenvalue weighted by Crippen LogP contribution is 2.25. The van der Waals surface area contributed by atoms with Crippen LogP contribution in [0.1, 0.15) is 35.6 Å². The van der Waals surface area contributed by atoms with Crippen LogP contribution in [0.5, 0.6) is 5.75 Å². The van der Waals surface area contributed by atoms with Crippen LogP contribution in [0.15, 0.2) is 47.6 Å². The molecule has 3 rings (SSSR count). The van der Waals surface area contributed by atoms with Gasteiger partial charge in [-0.15, -0.1) is 10.2 Å². The van der Waals surface area contributed by atoms with Gasteiger partial charge >= 0.3 is 5.97 Å². The number of benzene rings is 2. The highest BCUT2D eigenvalue weighted by molar-refractivity contribution is 7.99. The van der Waals surface area contributed by atoms with E-state index >= 15 is 0 Å². The van der Waals surface area contributed by atoms with Gasteiger partial charge in [-0.3, -0.25) is 4.79 Å². The molecule has 0 aliphatic heterocycles. The monoisotopic (exact) mass is 488 g/mol. The van der Waals surface area contributed by atoms with Gasteiger partial charge in [-0.25, -0.2) is 4.79 Å². The van der Waals surface area contributed by atoms with Gasteiger partial charge in [0.2, 0.25) is 5.91 Å². The fourth-order valence-corrected chi connectivity index (χ4v) is 3.79. The first-order valence-electron chi connectivity index (χ1n) is 10.2. The second kappa shape index (κ2) is 11.2. The lowest BCUT2D eigenvalue weighted by atomic mass is 10.1. The van der Waals surface area contributed by atoms with Crippen molar-refractivity contribution in [2.45, 2.75) is 31.5 Å². The number of nitrogens with zero attached hydrogens (tertiary/aromatic N) is 3. The van der Waals surface area contributed by atoms with Crippen molar-refractivity contribution in [2.75, 3.05) is 18.2 Å². The molecule has 0 bridgehead atoms. The number of thioether (sulfide) groups is 1. The van der Waals surface area contributed by atoms with Gasteiger partial charge in [0.05, 0.1) is 35.2 Å². The Kier molecular flexibility index (Phi) is 8.35. The average molecular weight is 489 g/mol. The van der Waals surface area contributed by atoms with Crippen LogP contribution < -0.4 is 10.1 Å². The molecular weight excluding hydrogens is 464 g/mol. The summed E-state index contributed by atoms with van der Waals surface area (Å²) >= 11 is 7.44. The largest absolute Gasteiger partial charge is 0.497 e. The van der Waals surface area contributed by atoms with E-state index < -0.39 is 5.97 Å². The quantitative estimate of drug-likeness (QED) is 0.353. The van der Waals surface area contributed by atoms with E-state index in [9.17, 15) is 9.59 Å². The molecule has 10 heteroatoms. The lowest BCUT2D eigenvalue weighted by molar-refractivity contribution is -0.113. The summed E-state index contributed by atoms with van der Waals surface area (Å²) in [6, 6.07) is 12.4. The molecule has 33 heavy (non-hydrogen) atoms. The van der Waals surface area contributed by atoms with E-state index in [0.29, 0.717) is 27.9 Å². The number of carbonyl (C=O) groups excluding carboxylic acids is 2. The molecule has 1 amide bonds. The molecule has 0 aliphatic carbocycles. The summed E-state index contributed by atoms with van der Waals surface area (Å²) in [7, 11) is 3.49. The first kappa shape index (κ1) is 24.6. The van der Waals surface area contributed by atoms with Crippen molar-refractivity contribution in [1.29, 1.82) is 0 Å². The van der Waals surface area contributed by atoms with Crippen LogP contribution in [0, 0.1) is 0 Å². The van der Waals surface area contributed by atoms with E-state index in [1.54, 1.807) is 33.1 Å². The maximum Gasteiger partial charge on any atom is 0.338 e. The molecule has 0 fully saturated rings. The highest BCUT2D eigenvalue weighted by Gasteiger charge is 2.15. The third-order valence-electron chi connectivity index (χ3n) is 4.60. The van der Waals surface area contributed by atoms with E-state index in [0.717, 1.165) is 17.1 Å². The normalized spacial score (nSPS) is 10.8. The highest BCUT2D eigenvalue weighted by atomic mass is 35.5. The number of rotatable bonds is 9. The maximum atomic E-state index is 12.5. The molecule has 0 aliphatic rings. The fourth-order valence-electron chi connectivity index (χ4n) is 2.90. The lowest BCUT2D eigenvalue weighted by Crippen LogP contribution is -2.16. The second-order valence-electron chi connectivity index (χ2n) is 7.47. The number of carbonyl (C=O) groups is 2. The van der Waals surface area contributed by atoms with Gasteiger partial charge < -0.3 is 19.4 Å². The van der Waals surface area contributed by atoms with Gasteiger partial charge in [-0.2, -0.15) is 0 Å². The first-order chi connectivity index (χ1) is 15.8. The first-order valence-corrected chi connectivity index (χ1v) is 11.6. The Morgan fingerprint density at radius 2 is 1.88 bits per heavy atom. The van der Waals surface area contributed by atoms with Gasteiger partial charge in [-0.05, 0) is 49.7 Å². The molecule has 0 spiro atoms. The molecule has 1 N–H and O–H groups in total. The number of aromatic nitrogens is 3. The Morgan fingerprint density at radius 3 is 2.55 bits per heavy atom. The van der Waals surface area contributed by atoms with Crippen molar-refractivity contribution < 1.29 is 19.1 Å². The van der Waals surface area contributed by atoms with Crippen LogP contribution in [0.3, 0.4) is 0 Å². The maximum absolute atomic E-state index is 12.5. The molecule has 0 radical (unpaired) electrons. The lowest BCUT2D eigenvalue weighted by Gasteiger charge is -2.11. The summed E-state index contributed by atoms with van der Waals surface area (Å²) in [6.07, 6.45) is 0.360. The zero-order valence-corrected chi connectivity index (χ0v) is 20.4. The van der Waals surface area contributed by atoms with Crippen molar-refractivity contribution in [2.24, 2.45) is 7.05 Å². The Labute approximate surface area is 201 Å². The van der Waals surface area contributed by atoms with Crippen LogP contribution in [-0.2, 0) is 23.0 Å². The zero-order valence-electron chi connectivity index (χ0n) is 18.8. The molecule has 3 aromatic rings. The predicted octanol–water partition coefficient (Wildman–Crippen LogP) is 4.36. The zero-order chi connectivity index (χ0) is 24.0. The smallest absolute Gasteiger partial charge is 0.338 e. The number of nitrogens with one attached hydrogen (secondary N) is 1. The molecule has 0 saturated carbocycles. The number of hydrogen-bond acceptors (Lipinski definition) is 7. The second-order valence-corrected chi connectivity index (χ2v) is 8.82. The third-order valence-corrected chi connectivity index (χ3v) is 5.95. The topological polar surface area (TPSA) is 95.3 Å². The van der Waals surface area contributed by atoms with Gasteiger partial charge in [-0.1, -0.05) is 35.5 Å². The number of amides is 1. The molecule has 0 unspecified atom stereocenters. The number of hydrogen-bond donors (Lipinski definition) is 1. The van der Waals surface area contributed by atoms with Crippen molar-refractivity contribution >= 4 is 40.9 Å². The number of ether oxygens (including phenoxy) is 2. The van der Waals surface area contributed by atoms with E-state index in [4.69, 9.17) is 21.1 Å². The minimum atomic E-state index is -0.477. The van der Waals surface area contributed by atoms with Crippen LogP contribution in [0.25, 0.3) is 0 Å². The van der Waals surface area contributed by atoms with E-state index in [1.807, 2.05) is 35.9 Å². The Balaban J connectivity index is 1.59. The number of anilines is 1. The van der Waals surface area contributed by atoms with E-state index in [-0.39, 0.29) is 17.8 Å². The summed E-state index contributed by atoms with van der Waals surface area (Å²) in [5.74, 6) is 0.917. The molecule has 2 aromatic carbocycles.